The summed E-state index contributed by atoms with van der Waals surface area (Å²) < 4.78 is 0. The summed E-state index contributed by atoms with van der Waals surface area (Å²) in [6.07, 6.45) is 0. The Morgan fingerprint density at radius 3 is 2.78 bits per heavy atom. The number of guanidine groups is 1. The summed E-state index contributed by atoms with van der Waals surface area (Å²) >= 11 is 11.8. The van der Waals surface area contributed by atoms with Gasteiger partial charge in [0.15, 0.2) is 5.96 Å². The van der Waals surface area contributed by atoms with E-state index in [-0.39, 0.29) is 12.4 Å². The number of nitrogens with two attached hydrogens (primary N) is 1. The van der Waals surface area contributed by atoms with E-state index in [0.29, 0.717) is 34.0 Å². The highest BCUT2D eigenvalue weighted by atomic mass is 35.5. The number of halogens is 3. The predicted octanol–water partition coefficient (Wildman–Crippen LogP) is 3.04. The lowest BCUT2D eigenvalue weighted by molar-refractivity contribution is 1.11. The number of nitrogens with one attached hydrogen (secondary N) is 2. The second kappa shape index (κ2) is 6.13. The molecule has 4 N–H and O–H groups in total. The first-order valence-corrected chi connectivity index (χ1v) is 5.77. The lowest BCUT2D eigenvalue weighted by Gasteiger charge is -1.99. The molecule has 0 unspecified atom stereocenters. The van der Waals surface area contributed by atoms with Gasteiger partial charge in [0.1, 0.15) is 0 Å². The van der Waals surface area contributed by atoms with Gasteiger partial charge in [0.05, 0.1) is 21.1 Å². The van der Waals surface area contributed by atoms with Crippen LogP contribution in [-0.4, -0.2) is 22.5 Å². The van der Waals surface area contributed by atoms with Gasteiger partial charge >= 0.3 is 0 Å². The van der Waals surface area contributed by atoms with Crippen LogP contribution in [0.15, 0.2) is 17.1 Å². The molecular weight excluding hydrogens is 297 g/mol. The molecule has 1 heterocycles. The van der Waals surface area contributed by atoms with Gasteiger partial charge in [0, 0.05) is 6.54 Å². The summed E-state index contributed by atoms with van der Waals surface area (Å²) in [5.41, 5.74) is 7.12. The zero-order chi connectivity index (χ0) is 12.4. The predicted molar refractivity (Wildman–Crippen MR) is 79.1 cm³/mol. The van der Waals surface area contributed by atoms with Crippen molar-refractivity contribution in [3.8, 4) is 0 Å². The zero-order valence-electron chi connectivity index (χ0n) is 9.50. The second-order valence-corrected chi connectivity index (χ2v) is 4.17. The third-order valence-corrected chi connectivity index (χ3v) is 2.82. The highest BCUT2D eigenvalue weighted by molar-refractivity contribution is 6.42. The number of anilines is 1. The number of imidazole rings is 1. The third-order valence-electron chi connectivity index (χ3n) is 2.10. The Labute approximate surface area is 120 Å². The summed E-state index contributed by atoms with van der Waals surface area (Å²) in [6, 6.07) is 3.40. The Hall–Kier alpha value is -1.17. The fourth-order valence-corrected chi connectivity index (χ4v) is 1.72. The van der Waals surface area contributed by atoms with Crippen LogP contribution in [0.2, 0.25) is 10.0 Å². The van der Waals surface area contributed by atoms with Crippen molar-refractivity contribution < 1.29 is 0 Å². The van der Waals surface area contributed by atoms with Gasteiger partial charge in [-0.3, -0.25) is 10.3 Å². The molecule has 1 aromatic heterocycles. The Kier molecular flexibility index (Phi) is 5.07. The minimum absolute atomic E-state index is 0. The lowest BCUT2D eigenvalue weighted by atomic mass is 10.3. The number of hydrogen-bond acceptors (Lipinski definition) is 2. The SMILES string of the molecule is CCN=C(N)Nc1nc2cc(Cl)c(Cl)cc2[nH]1.Cl. The average Bonchev–Trinajstić information content (AvgIpc) is 2.60. The molecule has 5 nitrogen and oxygen atoms in total. The second-order valence-electron chi connectivity index (χ2n) is 3.35. The van der Waals surface area contributed by atoms with Gasteiger partial charge in [-0.1, -0.05) is 23.2 Å². The lowest BCUT2D eigenvalue weighted by Crippen LogP contribution is -2.23. The van der Waals surface area contributed by atoms with Crippen molar-refractivity contribution in [2.75, 3.05) is 11.9 Å². The number of aliphatic imine (C=N–C) groups is 1. The van der Waals surface area contributed by atoms with Crippen LogP contribution in [0, 0.1) is 0 Å². The van der Waals surface area contributed by atoms with E-state index in [1.165, 1.54) is 0 Å². The molecule has 0 fully saturated rings. The summed E-state index contributed by atoms with van der Waals surface area (Å²) in [4.78, 5) is 11.3. The number of rotatable bonds is 2. The van der Waals surface area contributed by atoms with Crippen molar-refractivity contribution in [1.29, 1.82) is 0 Å². The molecule has 0 spiro atoms. The van der Waals surface area contributed by atoms with Crippen LogP contribution < -0.4 is 11.1 Å². The van der Waals surface area contributed by atoms with Crippen molar-refractivity contribution in [3.05, 3.63) is 22.2 Å². The number of fused-ring (bicyclic) bond motifs is 1. The number of hydrogen-bond donors (Lipinski definition) is 3. The van der Waals surface area contributed by atoms with E-state index >= 15 is 0 Å². The number of nitrogens with zero attached hydrogens (tertiary/aromatic N) is 2. The van der Waals surface area contributed by atoms with E-state index in [1.54, 1.807) is 12.1 Å². The van der Waals surface area contributed by atoms with Gasteiger partial charge < -0.3 is 10.7 Å². The highest BCUT2D eigenvalue weighted by Crippen LogP contribution is 2.27. The van der Waals surface area contributed by atoms with E-state index in [0.717, 1.165) is 5.52 Å². The van der Waals surface area contributed by atoms with Gasteiger partial charge in [-0.2, -0.15) is 0 Å². The van der Waals surface area contributed by atoms with E-state index < -0.39 is 0 Å². The largest absolute Gasteiger partial charge is 0.370 e. The summed E-state index contributed by atoms with van der Waals surface area (Å²) in [6.45, 7) is 2.50. The Bertz CT molecular complexity index is 539. The first-order chi connectivity index (χ1) is 8.10. The molecular formula is C10H12Cl3N5. The van der Waals surface area contributed by atoms with E-state index in [4.69, 9.17) is 28.9 Å². The van der Waals surface area contributed by atoms with Crippen LogP contribution in [0.5, 0.6) is 0 Å². The summed E-state index contributed by atoms with van der Waals surface area (Å²) in [5.74, 6) is 0.816. The maximum absolute atomic E-state index is 5.90. The molecule has 8 heteroatoms. The van der Waals surface area contributed by atoms with Gasteiger partial charge in [-0.25, -0.2) is 4.98 Å². The van der Waals surface area contributed by atoms with Gasteiger partial charge in [0.2, 0.25) is 5.95 Å². The molecule has 0 saturated heterocycles. The number of H-pyrrole nitrogens is 1. The molecule has 0 saturated carbocycles. The van der Waals surface area contributed by atoms with Crippen molar-refractivity contribution in [3.63, 3.8) is 0 Å². The number of aromatic amines is 1. The molecule has 0 amide bonds. The first kappa shape index (κ1) is 14.9. The van der Waals surface area contributed by atoms with Crippen molar-refractivity contribution in [2.24, 2.45) is 10.7 Å². The third kappa shape index (κ3) is 3.19. The quantitative estimate of drug-likeness (QED) is 0.589. The van der Waals surface area contributed by atoms with Gasteiger partial charge in [-0.15, -0.1) is 12.4 Å². The summed E-state index contributed by atoms with van der Waals surface area (Å²) in [5, 5.41) is 3.79. The molecule has 0 radical (unpaired) electrons. The number of benzene rings is 1. The molecule has 0 aliphatic carbocycles. The van der Waals surface area contributed by atoms with Crippen molar-refractivity contribution >= 4 is 58.6 Å². The van der Waals surface area contributed by atoms with Gasteiger partial charge in [-0.05, 0) is 19.1 Å². The smallest absolute Gasteiger partial charge is 0.208 e. The van der Waals surface area contributed by atoms with Crippen molar-refractivity contribution in [2.45, 2.75) is 6.92 Å². The molecule has 0 aliphatic rings. The van der Waals surface area contributed by atoms with Gasteiger partial charge in [0.25, 0.3) is 0 Å². The fourth-order valence-electron chi connectivity index (χ4n) is 1.40. The first-order valence-electron chi connectivity index (χ1n) is 5.02. The van der Waals surface area contributed by atoms with Crippen LogP contribution in [-0.2, 0) is 0 Å². The average molecular weight is 309 g/mol. The zero-order valence-corrected chi connectivity index (χ0v) is 11.8. The Morgan fingerprint density at radius 1 is 1.44 bits per heavy atom. The molecule has 18 heavy (non-hydrogen) atoms. The molecule has 0 aliphatic heterocycles. The van der Waals surface area contributed by atoms with Crippen LogP contribution in [0.25, 0.3) is 11.0 Å². The summed E-state index contributed by atoms with van der Waals surface area (Å²) in [7, 11) is 0. The van der Waals surface area contributed by atoms with E-state index in [2.05, 4.69) is 20.3 Å². The van der Waals surface area contributed by atoms with Crippen LogP contribution in [0.1, 0.15) is 6.92 Å². The molecule has 0 atom stereocenters. The standard InChI is InChI=1S/C10H11Cl2N5.ClH/c1-2-14-9(13)17-10-15-7-3-5(11)6(12)4-8(7)16-10;/h3-4H,2H2,1H3,(H4,13,14,15,16,17);1H. The number of aromatic nitrogens is 2. The molecule has 1 aromatic carbocycles. The van der Waals surface area contributed by atoms with E-state index in [1.807, 2.05) is 6.92 Å². The Morgan fingerprint density at radius 2 is 2.11 bits per heavy atom. The Balaban J connectivity index is 0.00000162. The topological polar surface area (TPSA) is 79.1 Å². The molecule has 2 aromatic rings. The van der Waals surface area contributed by atoms with E-state index in [9.17, 15) is 0 Å². The molecule has 98 valence electrons. The molecule has 0 bridgehead atoms. The van der Waals surface area contributed by atoms with Crippen LogP contribution >= 0.6 is 35.6 Å². The van der Waals surface area contributed by atoms with Crippen LogP contribution in [0.3, 0.4) is 0 Å². The normalized spacial score (nSPS) is 11.4. The monoisotopic (exact) mass is 307 g/mol. The molecule has 2 rings (SSSR count). The van der Waals surface area contributed by atoms with Crippen LogP contribution in [0.4, 0.5) is 5.95 Å². The van der Waals surface area contributed by atoms with Crippen molar-refractivity contribution in [1.82, 2.24) is 9.97 Å². The maximum atomic E-state index is 5.90. The minimum atomic E-state index is 0. The minimum Gasteiger partial charge on any atom is -0.370 e. The fraction of sp³-hybridized carbons (Fsp3) is 0.200. The maximum Gasteiger partial charge on any atom is 0.208 e. The highest BCUT2D eigenvalue weighted by Gasteiger charge is 2.06.